The Hall–Kier alpha value is -1.71. The highest BCUT2D eigenvalue weighted by molar-refractivity contribution is 6.68. The summed E-state index contributed by atoms with van der Waals surface area (Å²) in [5.74, 6) is -0.685. The molecular formula is C14H7Cl2FO2. The molecular weight excluding hydrogens is 290 g/mol. The Balaban J connectivity index is 2.39. The molecule has 0 atom stereocenters. The molecule has 2 nitrogen and oxygen atoms in total. The summed E-state index contributed by atoms with van der Waals surface area (Å²) in [6.45, 7) is 0. The third-order valence-corrected chi connectivity index (χ3v) is 3.05. The number of halogens is 3. The molecule has 0 heterocycles. The molecule has 0 bridgehead atoms. The van der Waals surface area contributed by atoms with Crippen LogP contribution in [0.25, 0.3) is 11.1 Å². The Morgan fingerprint density at radius 3 is 1.89 bits per heavy atom. The van der Waals surface area contributed by atoms with Gasteiger partial charge in [-0.25, -0.2) is 4.39 Å². The fourth-order valence-corrected chi connectivity index (χ4v) is 1.93. The fraction of sp³-hybridized carbons (Fsp3) is 0. The van der Waals surface area contributed by atoms with Crippen molar-refractivity contribution in [1.82, 2.24) is 0 Å². The average Bonchev–Trinajstić information content (AvgIpc) is 2.38. The van der Waals surface area contributed by atoms with Crippen LogP contribution in [-0.4, -0.2) is 10.5 Å². The minimum atomic E-state index is -0.841. The zero-order valence-electron chi connectivity index (χ0n) is 9.49. The van der Waals surface area contributed by atoms with E-state index in [4.69, 9.17) is 23.2 Å². The van der Waals surface area contributed by atoms with Crippen molar-refractivity contribution in [3.05, 3.63) is 59.4 Å². The van der Waals surface area contributed by atoms with Gasteiger partial charge in [0.25, 0.3) is 10.5 Å². The summed E-state index contributed by atoms with van der Waals surface area (Å²) in [6.07, 6.45) is 0. The molecule has 2 rings (SSSR count). The molecule has 0 amide bonds. The van der Waals surface area contributed by atoms with Gasteiger partial charge in [-0.1, -0.05) is 18.2 Å². The lowest BCUT2D eigenvalue weighted by atomic mass is 10.0. The van der Waals surface area contributed by atoms with E-state index in [0.717, 1.165) is 0 Å². The van der Waals surface area contributed by atoms with Gasteiger partial charge in [0.2, 0.25) is 0 Å². The van der Waals surface area contributed by atoms with Crippen molar-refractivity contribution in [3.8, 4) is 11.1 Å². The quantitative estimate of drug-likeness (QED) is 0.794. The topological polar surface area (TPSA) is 34.1 Å². The van der Waals surface area contributed by atoms with Crippen LogP contribution in [0.15, 0.2) is 42.5 Å². The average molecular weight is 297 g/mol. The summed E-state index contributed by atoms with van der Waals surface area (Å²) in [6, 6.07) is 10.5. The minimum absolute atomic E-state index is 0.169. The van der Waals surface area contributed by atoms with E-state index >= 15 is 0 Å². The van der Waals surface area contributed by atoms with Gasteiger partial charge in [-0.2, -0.15) is 0 Å². The van der Waals surface area contributed by atoms with Gasteiger partial charge in [-0.05, 0) is 58.6 Å². The van der Waals surface area contributed by atoms with Crippen molar-refractivity contribution in [3.63, 3.8) is 0 Å². The zero-order chi connectivity index (χ0) is 14.0. The van der Waals surface area contributed by atoms with Crippen molar-refractivity contribution in [2.45, 2.75) is 0 Å². The van der Waals surface area contributed by atoms with Crippen molar-refractivity contribution in [2.75, 3.05) is 0 Å². The van der Waals surface area contributed by atoms with Crippen LogP contribution in [0.4, 0.5) is 4.39 Å². The van der Waals surface area contributed by atoms with E-state index in [1.165, 1.54) is 12.1 Å². The molecule has 0 aliphatic carbocycles. The summed E-state index contributed by atoms with van der Waals surface area (Å²) < 4.78 is 13.6. The predicted molar refractivity (Wildman–Crippen MR) is 72.2 cm³/mol. The van der Waals surface area contributed by atoms with E-state index in [1.807, 2.05) is 0 Å². The van der Waals surface area contributed by atoms with E-state index in [-0.39, 0.29) is 5.56 Å². The Bertz CT molecular complexity index is 651. The smallest absolute Gasteiger partial charge is 0.255 e. The van der Waals surface area contributed by atoms with Gasteiger partial charge in [0, 0.05) is 5.56 Å². The van der Waals surface area contributed by atoms with Crippen molar-refractivity contribution in [2.24, 2.45) is 0 Å². The zero-order valence-corrected chi connectivity index (χ0v) is 11.0. The highest BCUT2D eigenvalue weighted by Crippen LogP contribution is 2.23. The highest BCUT2D eigenvalue weighted by Gasteiger charge is 2.10. The van der Waals surface area contributed by atoms with E-state index < -0.39 is 16.3 Å². The lowest BCUT2D eigenvalue weighted by molar-refractivity contribution is 0.107. The molecule has 0 saturated heterocycles. The lowest BCUT2D eigenvalue weighted by Gasteiger charge is -2.04. The van der Waals surface area contributed by atoms with E-state index in [9.17, 15) is 14.0 Å². The van der Waals surface area contributed by atoms with E-state index in [0.29, 0.717) is 16.7 Å². The van der Waals surface area contributed by atoms with E-state index in [1.54, 1.807) is 30.3 Å². The number of hydrogen-bond donors (Lipinski definition) is 0. The minimum Gasteiger partial charge on any atom is -0.276 e. The van der Waals surface area contributed by atoms with Crippen LogP contribution in [0.1, 0.15) is 20.7 Å². The second-order valence-corrected chi connectivity index (χ2v) is 4.51. The summed E-state index contributed by atoms with van der Waals surface area (Å²) in [5.41, 5.74) is 1.47. The third kappa shape index (κ3) is 3.00. The van der Waals surface area contributed by atoms with Gasteiger partial charge in [0.05, 0.1) is 5.56 Å². The van der Waals surface area contributed by atoms with Crippen molar-refractivity contribution >= 4 is 33.7 Å². The Kier molecular flexibility index (Phi) is 3.98. The first-order valence-electron chi connectivity index (χ1n) is 5.28. The molecule has 0 unspecified atom stereocenters. The first-order chi connectivity index (χ1) is 8.99. The summed E-state index contributed by atoms with van der Waals surface area (Å²) >= 11 is 10.6. The molecule has 0 spiro atoms. The van der Waals surface area contributed by atoms with Gasteiger partial charge in [0.15, 0.2) is 0 Å². The Morgan fingerprint density at radius 2 is 1.42 bits per heavy atom. The first-order valence-corrected chi connectivity index (χ1v) is 6.04. The van der Waals surface area contributed by atoms with Crippen LogP contribution in [0.2, 0.25) is 0 Å². The SMILES string of the molecule is O=C(Cl)c1ccc(-c2ccc(C(=O)Cl)c(F)c2)cc1. The third-order valence-electron chi connectivity index (χ3n) is 2.63. The normalized spacial score (nSPS) is 10.3. The predicted octanol–water partition coefficient (Wildman–Crippen LogP) is 4.25. The molecule has 96 valence electrons. The van der Waals surface area contributed by atoms with Crippen LogP contribution >= 0.6 is 23.2 Å². The van der Waals surface area contributed by atoms with Gasteiger partial charge >= 0.3 is 0 Å². The standard InChI is InChI=1S/C14H7Cl2FO2/c15-13(18)9-3-1-8(2-4-9)10-5-6-11(14(16)19)12(17)7-10/h1-7H. The van der Waals surface area contributed by atoms with Gasteiger partial charge in [-0.15, -0.1) is 0 Å². The molecule has 0 N–H and O–H groups in total. The second-order valence-electron chi connectivity index (χ2n) is 3.82. The maximum Gasteiger partial charge on any atom is 0.255 e. The highest BCUT2D eigenvalue weighted by atomic mass is 35.5. The molecule has 0 radical (unpaired) electrons. The molecule has 5 heteroatoms. The maximum atomic E-state index is 13.6. The molecule has 0 aliphatic rings. The molecule has 0 aromatic heterocycles. The molecule has 2 aromatic carbocycles. The van der Waals surface area contributed by atoms with Crippen molar-refractivity contribution in [1.29, 1.82) is 0 Å². The number of rotatable bonds is 3. The molecule has 0 saturated carbocycles. The first kappa shape index (κ1) is 13.7. The molecule has 0 aliphatic heterocycles. The fourth-order valence-electron chi connectivity index (χ4n) is 1.65. The van der Waals surface area contributed by atoms with Crippen LogP contribution in [0, 0.1) is 5.82 Å². The van der Waals surface area contributed by atoms with Crippen LogP contribution in [-0.2, 0) is 0 Å². The second kappa shape index (κ2) is 5.51. The summed E-state index contributed by atoms with van der Waals surface area (Å²) in [5, 5.41) is -1.40. The largest absolute Gasteiger partial charge is 0.276 e. The van der Waals surface area contributed by atoms with Gasteiger partial charge in [-0.3, -0.25) is 9.59 Å². The lowest BCUT2D eigenvalue weighted by Crippen LogP contribution is -1.94. The number of benzene rings is 2. The molecule has 0 fully saturated rings. The van der Waals surface area contributed by atoms with Crippen LogP contribution in [0.3, 0.4) is 0 Å². The number of carbonyl (C=O) groups is 2. The van der Waals surface area contributed by atoms with Crippen LogP contribution in [0.5, 0.6) is 0 Å². The Morgan fingerprint density at radius 1 is 0.842 bits per heavy atom. The van der Waals surface area contributed by atoms with Crippen molar-refractivity contribution < 1.29 is 14.0 Å². The van der Waals surface area contributed by atoms with Gasteiger partial charge < -0.3 is 0 Å². The van der Waals surface area contributed by atoms with Gasteiger partial charge in [0.1, 0.15) is 5.82 Å². The summed E-state index contributed by atoms with van der Waals surface area (Å²) in [7, 11) is 0. The monoisotopic (exact) mass is 296 g/mol. The maximum absolute atomic E-state index is 13.6. The summed E-state index contributed by atoms with van der Waals surface area (Å²) in [4.78, 5) is 21.8. The van der Waals surface area contributed by atoms with Crippen LogP contribution < -0.4 is 0 Å². The Labute approximate surface area is 118 Å². The number of hydrogen-bond acceptors (Lipinski definition) is 2. The molecule has 2 aromatic rings. The van der Waals surface area contributed by atoms with E-state index in [2.05, 4.69) is 0 Å². The number of carbonyl (C=O) groups excluding carboxylic acids is 2. The molecule has 19 heavy (non-hydrogen) atoms.